The quantitative estimate of drug-likeness (QED) is 0.581. The van der Waals surface area contributed by atoms with Crippen molar-refractivity contribution in [1.29, 1.82) is 0 Å². The second-order valence-corrected chi connectivity index (χ2v) is 6.96. The van der Waals surface area contributed by atoms with Gasteiger partial charge in [0.05, 0.1) is 23.3 Å². The predicted molar refractivity (Wildman–Crippen MR) is 107 cm³/mol. The lowest BCUT2D eigenvalue weighted by Gasteiger charge is -2.33. The van der Waals surface area contributed by atoms with Crippen LogP contribution in [0.1, 0.15) is 21.8 Å². The molecule has 0 saturated heterocycles. The number of benzene rings is 1. The Morgan fingerprint density at radius 3 is 3.00 bits per heavy atom. The van der Waals surface area contributed by atoms with Crippen LogP contribution in [0.4, 0.5) is 5.69 Å². The molecular formula is C22H21N3O3. The van der Waals surface area contributed by atoms with Gasteiger partial charge in [-0.25, -0.2) is 0 Å². The summed E-state index contributed by atoms with van der Waals surface area (Å²) in [5.74, 6) is 0.113. The number of furan rings is 1. The minimum atomic E-state index is -0.208. The number of nitrogens with zero attached hydrogens (tertiary/aromatic N) is 2. The molecular weight excluding hydrogens is 354 g/mol. The van der Waals surface area contributed by atoms with Crippen LogP contribution in [-0.4, -0.2) is 36.9 Å². The van der Waals surface area contributed by atoms with Gasteiger partial charge >= 0.3 is 0 Å². The van der Waals surface area contributed by atoms with E-state index in [1.165, 1.54) is 28.8 Å². The molecule has 0 aliphatic carbocycles. The molecule has 3 aromatic rings. The van der Waals surface area contributed by atoms with E-state index in [1.54, 1.807) is 19.2 Å². The van der Waals surface area contributed by atoms with E-state index < -0.39 is 0 Å². The molecule has 5 rings (SSSR count). The summed E-state index contributed by atoms with van der Waals surface area (Å²) in [6.07, 6.45) is 5.54. The second-order valence-electron chi connectivity index (χ2n) is 6.96. The number of rotatable bonds is 5. The largest absolute Gasteiger partial charge is 0.459 e. The highest BCUT2D eigenvalue weighted by Gasteiger charge is 2.30. The van der Waals surface area contributed by atoms with Crippen molar-refractivity contribution in [3.05, 3.63) is 71.8 Å². The van der Waals surface area contributed by atoms with Gasteiger partial charge in [-0.05, 0) is 35.9 Å². The molecule has 1 N–H and O–H groups in total. The molecule has 0 bridgehead atoms. The summed E-state index contributed by atoms with van der Waals surface area (Å²) in [5, 5.41) is 2.91. The van der Waals surface area contributed by atoms with E-state index in [2.05, 4.69) is 57.3 Å². The summed E-state index contributed by atoms with van der Waals surface area (Å²) in [4.78, 5) is 14.3. The van der Waals surface area contributed by atoms with Gasteiger partial charge in [-0.1, -0.05) is 24.3 Å². The first-order valence-electron chi connectivity index (χ1n) is 9.37. The molecule has 2 aliphatic rings. The van der Waals surface area contributed by atoms with Crippen molar-refractivity contribution in [1.82, 2.24) is 9.88 Å². The molecule has 6 nitrogen and oxygen atoms in total. The van der Waals surface area contributed by atoms with Gasteiger partial charge in [0.1, 0.15) is 6.23 Å². The van der Waals surface area contributed by atoms with Crippen LogP contribution in [0.2, 0.25) is 0 Å². The third-order valence-corrected chi connectivity index (χ3v) is 5.40. The number of fused-ring (bicyclic) bond motifs is 5. The number of nitrogens with one attached hydrogen (secondary N) is 1. The number of carbonyl (C=O) groups excluding carboxylic acids is 1. The van der Waals surface area contributed by atoms with Crippen molar-refractivity contribution < 1.29 is 13.9 Å². The Balaban J connectivity index is 1.39. The second kappa shape index (κ2) is 6.73. The van der Waals surface area contributed by atoms with Gasteiger partial charge in [-0.2, -0.15) is 0 Å². The highest BCUT2D eigenvalue weighted by Crippen LogP contribution is 2.41. The van der Waals surface area contributed by atoms with Gasteiger partial charge in [-0.3, -0.25) is 4.79 Å². The van der Waals surface area contributed by atoms with Crippen molar-refractivity contribution in [2.75, 3.05) is 25.1 Å². The monoisotopic (exact) mass is 375 g/mol. The summed E-state index contributed by atoms with van der Waals surface area (Å²) in [7, 11) is 1.70. The van der Waals surface area contributed by atoms with E-state index in [0.29, 0.717) is 18.8 Å². The fraction of sp³-hybridized carbons (Fsp3) is 0.227. The maximum absolute atomic E-state index is 12.1. The van der Waals surface area contributed by atoms with Crippen molar-refractivity contribution in [2.45, 2.75) is 12.8 Å². The number of carbonyl (C=O) groups is 1. The zero-order valence-electron chi connectivity index (χ0n) is 15.6. The average molecular weight is 375 g/mol. The minimum Gasteiger partial charge on any atom is -0.459 e. The maximum Gasteiger partial charge on any atom is 0.287 e. The van der Waals surface area contributed by atoms with Gasteiger partial charge in [-0.15, -0.1) is 0 Å². The van der Waals surface area contributed by atoms with E-state index in [9.17, 15) is 4.79 Å². The number of hydrogen-bond donors (Lipinski definition) is 1. The molecule has 0 fully saturated rings. The van der Waals surface area contributed by atoms with Gasteiger partial charge in [0.2, 0.25) is 0 Å². The van der Waals surface area contributed by atoms with Gasteiger partial charge in [0.25, 0.3) is 5.91 Å². The lowest BCUT2D eigenvalue weighted by Crippen LogP contribution is -2.42. The minimum absolute atomic E-state index is 0.161. The molecule has 0 spiro atoms. The third kappa shape index (κ3) is 2.65. The van der Waals surface area contributed by atoms with Crippen molar-refractivity contribution in [2.24, 2.45) is 0 Å². The summed E-state index contributed by atoms with van der Waals surface area (Å²) in [6.45, 7) is 2.00. The molecule has 1 atom stereocenters. The number of hydrogen-bond acceptors (Lipinski definition) is 4. The molecule has 1 amide bonds. The van der Waals surface area contributed by atoms with E-state index in [-0.39, 0.29) is 12.1 Å². The SMILES string of the molecule is COC1C=Cc2c(cc3n2Cc2ccccc2-3)N1CCNC(=O)c1ccco1. The van der Waals surface area contributed by atoms with Crippen LogP contribution in [0.3, 0.4) is 0 Å². The fourth-order valence-corrected chi connectivity index (χ4v) is 4.08. The molecule has 28 heavy (non-hydrogen) atoms. The summed E-state index contributed by atoms with van der Waals surface area (Å²) in [6, 6.07) is 14.1. The van der Waals surface area contributed by atoms with Crippen LogP contribution in [0.25, 0.3) is 17.3 Å². The maximum atomic E-state index is 12.1. The Labute approximate surface area is 163 Å². The fourth-order valence-electron chi connectivity index (χ4n) is 4.08. The number of amides is 1. The summed E-state index contributed by atoms with van der Waals surface area (Å²) < 4.78 is 13.1. The zero-order chi connectivity index (χ0) is 19.1. The van der Waals surface area contributed by atoms with E-state index in [0.717, 1.165) is 12.2 Å². The highest BCUT2D eigenvalue weighted by atomic mass is 16.5. The molecule has 142 valence electrons. The molecule has 2 aromatic heterocycles. The smallest absolute Gasteiger partial charge is 0.287 e. The summed E-state index contributed by atoms with van der Waals surface area (Å²) in [5.41, 5.74) is 6.17. The van der Waals surface area contributed by atoms with Crippen LogP contribution < -0.4 is 10.2 Å². The Morgan fingerprint density at radius 1 is 1.29 bits per heavy atom. The molecule has 6 heteroatoms. The van der Waals surface area contributed by atoms with Crippen LogP contribution >= 0.6 is 0 Å². The van der Waals surface area contributed by atoms with Crippen molar-refractivity contribution in [3.63, 3.8) is 0 Å². The summed E-state index contributed by atoms with van der Waals surface area (Å²) >= 11 is 0. The van der Waals surface area contributed by atoms with Crippen molar-refractivity contribution in [3.8, 4) is 11.3 Å². The van der Waals surface area contributed by atoms with E-state index in [4.69, 9.17) is 9.15 Å². The predicted octanol–water partition coefficient (Wildman–Crippen LogP) is 3.35. The van der Waals surface area contributed by atoms with Crippen LogP contribution in [-0.2, 0) is 11.3 Å². The topological polar surface area (TPSA) is 59.6 Å². The lowest BCUT2D eigenvalue weighted by molar-refractivity contribution is 0.0923. The number of aromatic nitrogens is 1. The van der Waals surface area contributed by atoms with Crippen LogP contribution in [0.15, 0.2) is 59.2 Å². The lowest BCUT2D eigenvalue weighted by atomic mass is 10.1. The first kappa shape index (κ1) is 16.9. The first-order chi connectivity index (χ1) is 13.8. The number of methoxy groups -OCH3 is 1. The first-order valence-corrected chi connectivity index (χ1v) is 9.37. The van der Waals surface area contributed by atoms with Gasteiger partial charge in [0.15, 0.2) is 5.76 Å². The molecule has 0 saturated carbocycles. The molecule has 0 radical (unpaired) electrons. The normalized spacial score (nSPS) is 16.6. The molecule has 4 heterocycles. The third-order valence-electron chi connectivity index (χ3n) is 5.40. The average Bonchev–Trinajstić information content (AvgIpc) is 3.44. The Morgan fingerprint density at radius 2 is 2.18 bits per heavy atom. The molecule has 1 aromatic carbocycles. The number of ether oxygens (including phenoxy) is 1. The Hall–Kier alpha value is -3.25. The highest BCUT2D eigenvalue weighted by molar-refractivity contribution is 5.91. The Kier molecular flexibility index (Phi) is 4.06. The van der Waals surface area contributed by atoms with Crippen LogP contribution in [0.5, 0.6) is 0 Å². The molecule has 1 unspecified atom stereocenters. The zero-order valence-corrected chi connectivity index (χ0v) is 15.6. The van der Waals surface area contributed by atoms with E-state index >= 15 is 0 Å². The Bertz CT molecular complexity index is 1050. The van der Waals surface area contributed by atoms with Gasteiger partial charge < -0.3 is 23.9 Å². The standard InChI is InChI=1S/C22H21N3O3/c1-27-21-9-8-17-19(13-18-16-6-3-2-5-15(16)14-25(17)18)24(21)11-10-23-22(26)20-7-4-12-28-20/h2-9,12-13,21H,10-11,14H2,1H3,(H,23,26). The van der Waals surface area contributed by atoms with Crippen molar-refractivity contribution >= 4 is 17.7 Å². The molecule has 2 aliphatic heterocycles. The van der Waals surface area contributed by atoms with Gasteiger partial charge in [0, 0.05) is 32.3 Å². The number of anilines is 1. The van der Waals surface area contributed by atoms with Crippen LogP contribution in [0, 0.1) is 0 Å². The van der Waals surface area contributed by atoms with E-state index in [1.807, 2.05) is 0 Å².